The number of thiophene rings is 1. The number of aromatic nitrogens is 2. The van der Waals surface area contributed by atoms with Gasteiger partial charge in [-0.15, -0.1) is 11.3 Å². The summed E-state index contributed by atoms with van der Waals surface area (Å²) in [5.41, 5.74) is 9.79. The maximum Gasteiger partial charge on any atom is 0.107 e. The Morgan fingerprint density at radius 1 is 1.20 bits per heavy atom. The number of nitrogens with two attached hydrogens (primary N) is 1. The summed E-state index contributed by atoms with van der Waals surface area (Å²) >= 11 is 1.77. The van der Waals surface area contributed by atoms with E-state index in [1.165, 1.54) is 10.4 Å². The lowest BCUT2D eigenvalue weighted by molar-refractivity contribution is 0.503. The third kappa shape index (κ3) is 2.05. The van der Waals surface area contributed by atoms with Crippen molar-refractivity contribution in [2.24, 2.45) is 5.73 Å². The SMILES string of the molecule is Cc1ccsc1C(C(C)N)n1c(C)nc2ccccc21. The van der Waals surface area contributed by atoms with Gasteiger partial charge in [-0.3, -0.25) is 0 Å². The lowest BCUT2D eigenvalue weighted by Gasteiger charge is -2.24. The van der Waals surface area contributed by atoms with Crippen molar-refractivity contribution in [3.05, 3.63) is 52.0 Å². The molecule has 0 spiro atoms. The van der Waals surface area contributed by atoms with Gasteiger partial charge in [0.05, 0.1) is 17.1 Å². The summed E-state index contributed by atoms with van der Waals surface area (Å²) in [5.74, 6) is 1.02. The predicted molar refractivity (Wildman–Crippen MR) is 85.3 cm³/mol. The molecule has 2 atom stereocenters. The minimum absolute atomic E-state index is 0.0312. The summed E-state index contributed by atoms with van der Waals surface area (Å²) in [6.07, 6.45) is 0. The lowest BCUT2D eigenvalue weighted by Crippen LogP contribution is -2.30. The predicted octanol–water partition coefficient (Wildman–Crippen LogP) is 3.65. The molecule has 0 fully saturated rings. The number of fused-ring (bicyclic) bond motifs is 1. The van der Waals surface area contributed by atoms with Crippen LogP contribution in [0.5, 0.6) is 0 Å². The standard InChI is InChI=1S/C16H19N3S/c1-10-8-9-20-16(10)15(11(2)17)19-12(3)18-13-6-4-5-7-14(13)19/h4-9,11,15H,17H2,1-3H3. The second kappa shape index (κ2) is 5.04. The minimum Gasteiger partial charge on any atom is -0.326 e. The van der Waals surface area contributed by atoms with E-state index < -0.39 is 0 Å². The Morgan fingerprint density at radius 3 is 2.60 bits per heavy atom. The van der Waals surface area contributed by atoms with Gasteiger partial charge in [-0.2, -0.15) is 0 Å². The molecule has 2 unspecified atom stereocenters. The number of hydrogen-bond acceptors (Lipinski definition) is 3. The Balaban J connectivity index is 2.25. The molecule has 0 bridgehead atoms. The van der Waals surface area contributed by atoms with E-state index in [2.05, 4.69) is 60.0 Å². The molecule has 0 saturated carbocycles. The van der Waals surface area contributed by atoms with Crippen molar-refractivity contribution >= 4 is 22.4 Å². The van der Waals surface area contributed by atoms with E-state index in [-0.39, 0.29) is 12.1 Å². The molecule has 104 valence electrons. The Kier molecular flexibility index (Phi) is 3.36. The van der Waals surface area contributed by atoms with E-state index >= 15 is 0 Å². The molecule has 0 aliphatic rings. The Bertz CT molecular complexity index is 739. The van der Waals surface area contributed by atoms with E-state index in [0.717, 1.165) is 16.9 Å². The molecule has 3 aromatic rings. The molecule has 2 N–H and O–H groups in total. The Hall–Kier alpha value is -1.65. The Labute approximate surface area is 123 Å². The zero-order chi connectivity index (χ0) is 14.3. The average Bonchev–Trinajstić information content (AvgIpc) is 2.95. The second-order valence-corrected chi connectivity index (χ2v) is 6.24. The molecule has 2 heterocycles. The topological polar surface area (TPSA) is 43.8 Å². The van der Waals surface area contributed by atoms with Gasteiger partial charge in [0.2, 0.25) is 0 Å². The Morgan fingerprint density at radius 2 is 1.95 bits per heavy atom. The van der Waals surface area contributed by atoms with Gasteiger partial charge in [0.1, 0.15) is 5.82 Å². The van der Waals surface area contributed by atoms with Crippen molar-refractivity contribution in [3.63, 3.8) is 0 Å². The van der Waals surface area contributed by atoms with Crippen LogP contribution in [0.15, 0.2) is 35.7 Å². The monoisotopic (exact) mass is 285 g/mol. The van der Waals surface area contributed by atoms with Crippen LogP contribution in [0.2, 0.25) is 0 Å². The number of aryl methyl sites for hydroxylation is 2. The molecule has 3 rings (SSSR count). The van der Waals surface area contributed by atoms with Gasteiger partial charge in [0.15, 0.2) is 0 Å². The van der Waals surface area contributed by atoms with E-state index in [0.29, 0.717) is 0 Å². The fourth-order valence-corrected chi connectivity index (χ4v) is 3.93. The molecule has 1 aromatic carbocycles. The molecule has 0 saturated heterocycles. The molecule has 20 heavy (non-hydrogen) atoms. The molecular weight excluding hydrogens is 266 g/mol. The first-order valence-electron chi connectivity index (χ1n) is 6.82. The summed E-state index contributed by atoms with van der Waals surface area (Å²) in [6, 6.07) is 10.6. The third-order valence-corrected chi connectivity index (χ3v) is 4.81. The first-order chi connectivity index (χ1) is 9.59. The molecule has 0 amide bonds. The first-order valence-corrected chi connectivity index (χ1v) is 7.70. The van der Waals surface area contributed by atoms with Gasteiger partial charge in [-0.25, -0.2) is 4.98 Å². The van der Waals surface area contributed by atoms with Crippen LogP contribution in [0.4, 0.5) is 0 Å². The number of benzene rings is 1. The molecule has 0 radical (unpaired) electrons. The van der Waals surface area contributed by atoms with Crippen LogP contribution in [0.1, 0.15) is 29.2 Å². The number of nitrogens with zero attached hydrogens (tertiary/aromatic N) is 2. The summed E-state index contributed by atoms with van der Waals surface area (Å²) in [4.78, 5) is 5.99. The summed E-state index contributed by atoms with van der Waals surface area (Å²) in [5, 5.41) is 2.13. The highest BCUT2D eigenvalue weighted by atomic mass is 32.1. The maximum absolute atomic E-state index is 6.31. The largest absolute Gasteiger partial charge is 0.326 e. The van der Waals surface area contributed by atoms with Crippen LogP contribution in [0.25, 0.3) is 11.0 Å². The van der Waals surface area contributed by atoms with Crippen LogP contribution < -0.4 is 5.73 Å². The quantitative estimate of drug-likeness (QED) is 0.798. The third-order valence-electron chi connectivity index (χ3n) is 3.72. The van der Waals surface area contributed by atoms with Crippen molar-refractivity contribution in [1.82, 2.24) is 9.55 Å². The van der Waals surface area contributed by atoms with Gasteiger partial charge >= 0.3 is 0 Å². The van der Waals surface area contributed by atoms with Crippen molar-refractivity contribution in [2.75, 3.05) is 0 Å². The van der Waals surface area contributed by atoms with Crippen molar-refractivity contribution < 1.29 is 0 Å². The molecule has 4 heteroatoms. The normalized spacial score (nSPS) is 14.6. The summed E-state index contributed by atoms with van der Waals surface area (Å²) < 4.78 is 2.28. The van der Waals surface area contributed by atoms with Crippen LogP contribution in [0, 0.1) is 13.8 Å². The van der Waals surface area contributed by atoms with Crippen LogP contribution in [-0.2, 0) is 0 Å². The molecule has 3 nitrogen and oxygen atoms in total. The zero-order valence-electron chi connectivity index (χ0n) is 12.0. The summed E-state index contributed by atoms with van der Waals surface area (Å²) in [7, 11) is 0. The fraction of sp³-hybridized carbons (Fsp3) is 0.312. The molecule has 0 aliphatic carbocycles. The average molecular weight is 285 g/mol. The lowest BCUT2D eigenvalue weighted by atomic mass is 10.1. The van der Waals surface area contributed by atoms with Gasteiger partial charge in [0.25, 0.3) is 0 Å². The van der Waals surface area contributed by atoms with E-state index in [4.69, 9.17) is 5.73 Å². The number of imidazole rings is 1. The highest BCUT2D eigenvalue weighted by Gasteiger charge is 2.24. The highest BCUT2D eigenvalue weighted by molar-refractivity contribution is 7.10. The van der Waals surface area contributed by atoms with E-state index in [1.54, 1.807) is 11.3 Å². The van der Waals surface area contributed by atoms with Crippen molar-refractivity contribution in [3.8, 4) is 0 Å². The van der Waals surface area contributed by atoms with Crippen LogP contribution >= 0.6 is 11.3 Å². The number of hydrogen-bond donors (Lipinski definition) is 1. The van der Waals surface area contributed by atoms with Crippen LogP contribution in [0.3, 0.4) is 0 Å². The minimum atomic E-state index is 0.0312. The molecular formula is C16H19N3S. The van der Waals surface area contributed by atoms with Gasteiger partial charge in [0, 0.05) is 10.9 Å². The van der Waals surface area contributed by atoms with E-state index in [9.17, 15) is 0 Å². The summed E-state index contributed by atoms with van der Waals surface area (Å²) in [6.45, 7) is 6.27. The zero-order valence-corrected chi connectivity index (χ0v) is 12.8. The molecule has 0 aliphatic heterocycles. The van der Waals surface area contributed by atoms with E-state index in [1.807, 2.05) is 6.07 Å². The van der Waals surface area contributed by atoms with Gasteiger partial charge < -0.3 is 10.3 Å². The fourth-order valence-electron chi connectivity index (χ4n) is 2.79. The highest BCUT2D eigenvalue weighted by Crippen LogP contribution is 2.33. The van der Waals surface area contributed by atoms with Crippen molar-refractivity contribution in [1.29, 1.82) is 0 Å². The molecule has 2 aromatic heterocycles. The second-order valence-electron chi connectivity index (χ2n) is 5.29. The number of para-hydroxylation sites is 2. The van der Waals surface area contributed by atoms with Crippen LogP contribution in [-0.4, -0.2) is 15.6 Å². The first kappa shape index (κ1) is 13.3. The van der Waals surface area contributed by atoms with Gasteiger partial charge in [-0.1, -0.05) is 12.1 Å². The number of rotatable bonds is 3. The van der Waals surface area contributed by atoms with Crippen molar-refractivity contribution in [2.45, 2.75) is 32.9 Å². The maximum atomic E-state index is 6.31. The van der Waals surface area contributed by atoms with Gasteiger partial charge in [-0.05, 0) is 49.9 Å². The smallest absolute Gasteiger partial charge is 0.107 e.